The van der Waals surface area contributed by atoms with Gasteiger partial charge in [0.2, 0.25) is 5.91 Å². The summed E-state index contributed by atoms with van der Waals surface area (Å²) >= 11 is 0. The van der Waals surface area contributed by atoms with Crippen LogP contribution >= 0.6 is 0 Å². The van der Waals surface area contributed by atoms with Crippen LogP contribution in [0.5, 0.6) is 0 Å². The van der Waals surface area contributed by atoms with E-state index in [0.717, 1.165) is 43.6 Å². The van der Waals surface area contributed by atoms with Gasteiger partial charge in [0, 0.05) is 19.5 Å². The summed E-state index contributed by atoms with van der Waals surface area (Å²) in [5.74, 6) is 1.03. The second kappa shape index (κ2) is 8.99. The number of nitrogens with one attached hydrogen (secondary N) is 1. The Bertz CT molecular complexity index is 867. The van der Waals surface area contributed by atoms with Gasteiger partial charge in [-0.3, -0.25) is 4.79 Å². The van der Waals surface area contributed by atoms with Crippen molar-refractivity contribution in [2.24, 2.45) is 0 Å². The van der Waals surface area contributed by atoms with E-state index in [9.17, 15) is 4.79 Å². The Hall–Kier alpha value is -2.88. The molecule has 1 amide bonds. The summed E-state index contributed by atoms with van der Waals surface area (Å²) in [7, 11) is 0. The van der Waals surface area contributed by atoms with Crippen LogP contribution in [0.3, 0.4) is 0 Å². The number of unbranched alkanes of at least 4 members (excludes halogenated alkanes) is 2. The minimum Gasteiger partial charge on any atom is -0.353 e. The third kappa shape index (κ3) is 4.60. The standard InChI is InChI=1S/C22H25N3O/c1-2-22(26)23-16-10-4-7-15-21-24-19-13-8-9-14-20(19)25(21)17-18-11-5-3-6-12-18/h2-3,5-6,8-9,11-14H,1,4,7,10,15-17H2,(H,23,26). The molecule has 4 nitrogen and oxygen atoms in total. The number of benzene rings is 2. The molecule has 0 bridgehead atoms. The Morgan fingerprint density at radius 1 is 1.04 bits per heavy atom. The van der Waals surface area contributed by atoms with E-state index in [-0.39, 0.29) is 5.91 Å². The molecule has 0 fully saturated rings. The maximum atomic E-state index is 11.1. The summed E-state index contributed by atoms with van der Waals surface area (Å²) in [6.07, 6.45) is 5.34. The van der Waals surface area contributed by atoms with Crippen molar-refractivity contribution in [1.82, 2.24) is 14.9 Å². The molecule has 2 aromatic carbocycles. The second-order valence-corrected chi connectivity index (χ2v) is 6.39. The molecule has 1 N–H and O–H groups in total. The number of aryl methyl sites for hydroxylation is 1. The number of amides is 1. The lowest BCUT2D eigenvalue weighted by atomic mass is 10.1. The summed E-state index contributed by atoms with van der Waals surface area (Å²) in [6, 6.07) is 18.8. The van der Waals surface area contributed by atoms with Gasteiger partial charge in [-0.25, -0.2) is 4.98 Å². The fourth-order valence-corrected chi connectivity index (χ4v) is 3.13. The van der Waals surface area contributed by atoms with E-state index < -0.39 is 0 Å². The first kappa shape index (κ1) is 17.9. The first-order valence-electron chi connectivity index (χ1n) is 9.16. The molecule has 26 heavy (non-hydrogen) atoms. The average Bonchev–Trinajstić information content (AvgIpc) is 3.02. The molecule has 0 aliphatic carbocycles. The van der Waals surface area contributed by atoms with Gasteiger partial charge in [0.05, 0.1) is 11.0 Å². The van der Waals surface area contributed by atoms with Gasteiger partial charge < -0.3 is 9.88 Å². The zero-order chi connectivity index (χ0) is 18.2. The second-order valence-electron chi connectivity index (χ2n) is 6.39. The van der Waals surface area contributed by atoms with E-state index in [1.54, 1.807) is 0 Å². The average molecular weight is 347 g/mol. The van der Waals surface area contributed by atoms with Crippen molar-refractivity contribution in [3.8, 4) is 0 Å². The molecule has 134 valence electrons. The van der Waals surface area contributed by atoms with Crippen LogP contribution < -0.4 is 5.32 Å². The van der Waals surface area contributed by atoms with Crippen LogP contribution in [0.25, 0.3) is 11.0 Å². The number of nitrogens with zero attached hydrogens (tertiary/aromatic N) is 2. The smallest absolute Gasteiger partial charge is 0.243 e. The van der Waals surface area contributed by atoms with E-state index in [0.29, 0.717) is 6.54 Å². The lowest BCUT2D eigenvalue weighted by Crippen LogP contribution is -2.21. The molecule has 0 saturated heterocycles. The quantitative estimate of drug-likeness (QED) is 0.468. The number of aromatic nitrogens is 2. The number of rotatable bonds is 9. The lowest BCUT2D eigenvalue weighted by Gasteiger charge is -2.10. The number of para-hydroxylation sites is 2. The third-order valence-electron chi connectivity index (χ3n) is 4.48. The first-order chi connectivity index (χ1) is 12.8. The number of carbonyl (C=O) groups is 1. The molecule has 0 aliphatic rings. The number of hydrogen-bond acceptors (Lipinski definition) is 2. The summed E-state index contributed by atoms with van der Waals surface area (Å²) in [5, 5.41) is 2.82. The highest BCUT2D eigenvalue weighted by atomic mass is 16.1. The van der Waals surface area contributed by atoms with Crippen LogP contribution in [-0.2, 0) is 17.8 Å². The minimum atomic E-state index is -0.102. The normalized spacial score (nSPS) is 10.8. The topological polar surface area (TPSA) is 46.9 Å². The Balaban J connectivity index is 1.64. The molecular formula is C22H25N3O. The van der Waals surface area contributed by atoms with Crippen molar-refractivity contribution < 1.29 is 4.79 Å². The molecule has 3 aromatic rings. The van der Waals surface area contributed by atoms with E-state index in [4.69, 9.17) is 4.98 Å². The molecule has 0 atom stereocenters. The SMILES string of the molecule is C=CC(=O)NCCCCCc1nc2ccccc2n1Cc1ccccc1. The predicted molar refractivity (Wildman–Crippen MR) is 106 cm³/mol. The summed E-state index contributed by atoms with van der Waals surface area (Å²) in [4.78, 5) is 16.0. The lowest BCUT2D eigenvalue weighted by molar-refractivity contribution is -0.116. The Morgan fingerprint density at radius 2 is 1.81 bits per heavy atom. The summed E-state index contributed by atoms with van der Waals surface area (Å²) in [6.45, 7) is 5.00. The molecule has 0 saturated carbocycles. The number of carbonyl (C=O) groups excluding carboxylic acids is 1. The van der Waals surface area contributed by atoms with Crippen LogP contribution in [0.1, 0.15) is 30.7 Å². The summed E-state index contributed by atoms with van der Waals surface area (Å²) < 4.78 is 2.32. The van der Waals surface area contributed by atoms with E-state index in [1.807, 2.05) is 12.1 Å². The fraction of sp³-hybridized carbons (Fsp3) is 0.273. The molecule has 0 radical (unpaired) electrons. The largest absolute Gasteiger partial charge is 0.353 e. The Labute approximate surface area is 154 Å². The predicted octanol–water partition coefficient (Wildman–Crippen LogP) is 4.10. The van der Waals surface area contributed by atoms with Crippen molar-refractivity contribution >= 4 is 16.9 Å². The van der Waals surface area contributed by atoms with Crippen molar-refractivity contribution in [1.29, 1.82) is 0 Å². The van der Waals surface area contributed by atoms with E-state index in [1.165, 1.54) is 17.2 Å². The van der Waals surface area contributed by atoms with Gasteiger partial charge in [-0.05, 0) is 36.6 Å². The highest BCUT2D eigenvalue weighted by Crippen LogP contribution is 2.19. The van der Waals surface area contributed by atoms with Crippen molar-refractivity contribution in [3.05, 3.63) is 78.6 Å². The maximum absolute atomic E-state index is 11.1. The third-order valence-corrected chi connectivity index (χ3v) is 4.48. The number of imidazole rings is 1. The Morgan fingerprint density at radius 3 is 2.62 bits per heavy atom. The maximum Gasteiger partial charge on any atom is 0.243 e. The fourth-order valence-electron chi connectivity index (χ4n) is 3.13. The molecule has 0 aliphatic heterocycles. The summed E-state index contributed by atoms with van der Waals surface area (Å²) in [5.41, 5.74) is 3.52. The molecule has 0 spiro atoms. The molecular weight excluding hydrogens is 322 g/mol. The van der Waals surface area contributed by atoms with Crippen LogP contribution in [0.2, 0.25) is 0 Å². The molecule has 0 unspecified atom stereocenters. The van der Waals surface area contributed by atoms with Gasteiger partial charge in [-0.2, -0.15) is 0 Å². The molecule has 4 heteroatoms. The molecule has 3 rings (SSSR count). The Kier molecular flexibility index (Phi) is 6.20. The van der Waals surface area contributed by atoms with Gasteiger partial charge in [0.25, 0.3) is 0 Å². The minimum absolute atomic E-state index is 0.102. The van der Waals surface area contributed by atoms with Gasteiger partial charge in [-0.1, -0.05) is 55.5 Å². The van der Waals surface area contributed by atoms with Gasteiger partial charge in [-0.15, -0.1) is 0 Å². The van der Waals surface area contributed by atoms with Gasteiger partial charge >= 0.3 is 0 Å². The van der Waals surface area contributed by atoms with Crippen LogP contribution in [0.15, 0.2) is 67.3 Å². The monoisotopic (exact) mass is 347 g/mol. The zero-order valence-electron chi connectivity index (χ0n) is 15.0. The van der Waals surface area contributed by atoms with Crippen molar-refractivity contribution in [3.63, 3.8) is 0 Å². The zero-order valence-corrected chi connectivity index (χ0v) is 15.0. The molecule has 1 heterocycles. The molecule has 1 aromatic heterocycles. The van der Waals surface area contributed by atoms with Crippen molar-refractivity contribution in [2.75, 3.05) is 6.54 Å². The van der Waals surface area contributed by atoms with Gasteiger partial charge in [0.1, 0.15) is 5.82 Å². The number of fused-ring (bicyclic) bond motifs is 1. The number of hydrogen-bond donors (Lipinski definition) is 1. The highest BCUT2D eigenvalue weighted by molar-refractivity contribution is 5.86. The van der Waals surface area contributed by atoms with Crippen LogP contribution in [0.4, 0.5) is 0 Å². The van der Waals surface area contributed by atoms with Crippen molar-refractivity contribution in [2.45, 2.75) is 32.2 Å². The van der Waals surface area contributed by atoms with Crippen LogP contribution in [-0.4, -0.2) is 22.0 Å². The van der Waals surface area contributed by atoms with E-state index in [2.05, 4.69) is 58.9 Å². The van der Waals surface area contributed by atoms with E-state index >= 15 is 0 Å². The highest BCUT2D eigenvalue weighted by Gasteiger charge is 2.10. The van der Waals surface area contributed by atoms with Gasteiger partial charge in [0.15, 0.2) is 0 Å². The first-order valence-corrected chi connectivity index (χ1v) is 9.16. The van der Waals surface area contributed by atoms with Crippen LogP contribution in [0, 0.1) is 0 Å².